The monoisotopic (exact) mass is 364 g/mol. The molecule has 0 saturated carbocycles. The maximum Gasteiger partial charge on any atom is 0.265 e. The Hall–Kier alpha value is -2.19. The average molecular weight is 364 g/mol. The van der Waals surface area contributed by atoms with Crippen LogP contribution in [0.15, 0.2) is 41.8 Å². The number of anilines is 2. The first-order valence-corrected chi connectivity index (χ1v) is 10.1. The maximum absolute atomic E-state index is 12.1. The van der Waals surface area contributed by atoms with Crippen LogP contribution in [0.2, 0.25) is 0 Å². The second-order valence-corrected chi connectivity index (χ2v) is 8.77. The number of sulfone groups is 1. The minimum Gasteiger partial charge on any atom is -0.326 e. The molecule has 1 fully saturated rings. The Labute approximate surface area is 143 Å². The van der Waals surface area contributed by atoms with E-state index in [0.717, 1.165) is 0 Å². The number of thiophene rings is 1. The van der Waals surface area contributed by atoms with Gasteiger partial charge in [-0.2, -0.15) is 0 Å². The lowest BCUT2D eigenvalue weighted by Gasteiger charge is -2.10. The van der Waals surface area contributed by atoms with Crippen LogP contribution in [0, 0.1) is 5.92 Å². The summed E-state index contributed by atoms with van der Waals surface area (Å²) in [5.41, 5.74) is 1.19. The van der Waals surface area contributed by atoms with Gasteiger partial charge in [-0.1, -0.05) is 6.07 Å². The molecule has 1 aliphatic rings. The molecule has 2 N–H and O–H groups in total. The van der Waals surface area contributed by atoms with Gasteiger partial charge in [0, 0.05) is 11.4 Å². The summed E-state index contributed by atoms with van der Waals surface area (Å²) in [6.45, 7) is 0. The largest absolute Gasteiger partial charge is 0.326 e. The molecule has 8 heteroatoms. The van der Waals surface area contributed by atoms with Gasteiger partial charge in [-0.15, -0.1) is 11.3 Å². The second kappa shape index (κ2) is 6.74. The molecule has 0 radical (unpaired) electrons. The molecule has 1 aromatic heterocycles. The van der Waals surface area contributed by atoms with Gasteiger partial charge in [-0.05, 0) is 42.1 Å². The van der Waals surface area contributed by atoms with E-state index in [1.54, 1.807) is 36.4 Å². The summed E-state index contributed by atoms with van der Waals surface area (Å²) < 4.78 is 22.8. The molecule has 1 aromatic carbocycles. The van der Waals surface area contributed by atoms with E-state index < -0.39 is 15.8 Å². The van der Waals surface area contributed by atoms with Gasteiger partial charge in [0.15, 0.2) is 9.84 Å². The Balaban J connectivity index is 1.58. The Morgan fingerprint density at radius 1 is 1.04 bits per heavy atom. The number of carbonyl (C=O) groups excluding carboxylic acids is 2. The lowest BCUT2D eigenvalue weighted by atomic mass is 10.1. The van der Waals surface area contributed by atoms with Crippen LogP contribution in [-0.4, -0.2) is 31.7 Å². The third-order valence-corrected chi connectivity index (χ3v) is 6.40. The molecule has 3 rings (SSSR count). The molecular formula is C16H16N2O4S2. The summed E-state index contributed by atoms with van der Waals surface area (Å²) in [5, 5.41) is 7.32. The van der Waals surface area contributed by atoms with Crippen molar-refractivity contribution in [3.63, 3.8) is 0 Å². The zero-order valence-corrected chi connectivity index (χ0v) is 14.3. The predicted molar refractivity (Wildman–Crippen MR) is 94.1 cm³/mol. The fourth-order valence-corrected chi connectivity index (χ4v) is 4.84. The fraction of sp³-hybridized carbons (Fsp3) is 0.250. The summed E-state index contributed by atoms with van der Waals surface area (Å²) >= 11 is 1.36. The zero-order valence-electron chi connectivity index (χ0n) is 12.7. The summed E-state index contributed by atoms with van der Waals surface area (Å²) in [7, 11) is -3.08. The highest BCUT2D eigenvalue weighted by molar-refractivity contribution is 7.91. The normalized spacial score (nSPS) is 18.9. The van der Waals surface area contributed by atoms with Gasteiger partial charge >= 0.3 is 0 Å². The van der Waals surface area contributed by atoms with Crippen molar-refractivity contribution in [1.29, 1.82) is 0 Å². The lowest BCUT2D eigenvalue weighted by molar-refractivity contribution is -0.119. The topological polar surface area (TPSA) is 92.3 Å². The van der Waals surface area contributed by atoms with Crippen molar-refractivity contribution in [2.75, 3.05) is 22.1 Å². The molecule has 1 unspecified atom stereocenters. The molecule has 24 heavy (non-hydrogen) atoms. The fourth-order valence-electron chi connectivity index (χ4n) is 2.48. The molecule has 1 aliphatic heterocycles. The maximum atomic E-state index is 12.1. The van der Waals surface area contributed by atoms with Crippen molar-refractivity contribution < 1.29 is 18.0 Å². The first-order chi connectivity index (χ1) is 11.4. The summed E-state index contributed by atoms with van der Waals surface area (Å²) in [5.74, 6) is -0.982. The predicted octanol–water partition coefficient (Wildman–Crippen LogP) is 2.37. The molecule has 0 aliphatic carbocycles. The van der Waals surface area contributed by atoms with Crippen LogP contribution in [0.1, 0.15) is 16.1 Å². The van der Waals surface area contributed by atoms with Crippen LogP contribution in [0.5, 0.6) is 0 Å². The van der Waals surface area contributed by atoms with E-state index in [0.29, 0.717) is 22.7 Å². The SMILES string of the molecule is O=C(Nc1ccc(NC(=O)C2CCS(=O)(=O)C2)cc1)c1cccs1. The molecule has 126 valence electrons. The van der Waals surface area contributed by atoms with Crippen molar-refractivity contribution in [3.8, 4) is 0 Å². The lowest BCUT2D eigenvalue weighted by Crippen LogP contribution is -2.23. The van der Waals surface area contributed by atoms with Crippen molar-refractivity contribution >= 4 is 44.4 Å². The second-order valence-electron chi connectivity index (χ2n) is 5.60. The molecule has 2 aromatic rings. The first-order valence-electron chi connectivity index (χ1n) is 7.39. The molecule has 1 saturated heterocycles. The minimum absolute atomic E-state index is 0.0682. The number of hydrogen-bond acceptors (Lipinski definition) is 5. The number of carbonyl (C=O) groups is 2. The highest BCUT2D eigenvalue weighted by atomic mass is 32.2. The molecule has 2 amide bonds. The standard InChI is InChI=1S/C16H16N2O4S2/c19-15(11-7-9-24(21,22)10-11)17-12-3-5-13(6-4-12)18-16(20)14-2-1-8-23-14/h1-6,8,11H,7,9-10H2,(H,17,19)(H,18,20). The van der Waals surface area contributed by atoms with Gasteiger partial charge < -0.3 is 10.6 Å². The van der Waals surface area contributed by atoms with Crippen LogP contribution >= 0.6 is 11.3 Å². The van der Waals surface area contributed by atoms with Crippen molar-refractivity contribution in [2.45, 2.75) is 6.42 Å². The quantitative estimate of drug-likeness (QED) is 0.871. The third-order valence-electron chi connectivity index (χ3n) is 3.76. The molecule has 6 nitrogen and oxygen atoms in total. The van der Waals surface area contributed by atoms with Gasteiger partial charge in [-0.25, -0.2) is 8.42 Å². The number of rotatable bonds is 4. The van der Waals surface area contributed by atoms with E-state index in [2.05, 4.69) is 10.6 Å². The van der Waals surface area contributed by atoms with E-state index in [-0.39, 0.29) is 23.3 Å². The van der Waals surface area contributed by atoms with Crippen molar-refractivity contribution in [2.24, 2.45) is 5.92 Å². The third kappa shape index (κ3) is 4.01. The smallest absolute Gasteiger partial charge is 0.265 e. The zero-order chi connectivity index (χ0) is 17.2. The van der Waals surface area contributed by atoms with Crippen LogP contribution in [0.4, 0.5) is 11.4 Å². The Bertz CT molecular complexity index is 843. The van der Waals surface area contributed by atoms with Crippen molar-refractivity contribution in [3.05, 3.63) is 46.7 Å². The Morgan fingerprint density at radius 3 is 2.25 bits per heavy atom. The van der Waals surface area contributed by atoms with Crippen LogP contribution in [-0.2, 0) is 14.6 Å². The van der Waals surface area contributed by atoms with Crippen LogP contribution < -0.4 is 10.6 Å². The van der Waals surface area contributed by atoms with Gasteiger partial charge in [0.1, 0.15) is 0 Å². The van der Waals surface area contributed by atoms with Gasteiger partial charge in [0.25, 0.3) is 5.91 Å². The summed E-state index contributed by atoms with van der Waals surface area (Å²) in [6, 6.07) is 10.3. The van der Waals surface area contributed by atoms with E-state index in [4.69, 9.17) is 0 Å². The first kappa shape index (κ1) is 16.7. The molecule has 1 atom stereocenters. The van der Waals surface area contributed by atoms with E-state index in [1.165, 1.54) is 11.3 Å². The van der Waals surface area contributed by atoms with E-state index >= 15 is 0 Å². The van der Waals surface area contributed by atoms with Crippen LogP contribution in [0.25, 0.3) is 0 Å². The average Bonchev–Trinajstić information content (AvgIpc) is 3.18. The number of nitrogens with one attached hydrogen (secondary N) is 2. The van der Waals surface area contributed by atoms with Gasteiger partial charge in [0.2, 0.25) is 5.91 Å². The molecule has 0 spiro atoms. The van der Waals surface area contributed by atoms with Crippen molar-refractivity contribution in [1.82, 2.24) is 0 Å². The van der Waals surface area contributed by atoms with Crippen LogP contribution in [0.3, 0.4) is 0 Å². The number of hydrogen-bond donors (Lipinski definition) is 2. The molecule has 0 bridgehead atoms. The summed E-state index contributed by atoms with van der Waals surface area (Å²) in [6.07, 6.45) is 0.364. The van der Waals surface area contributed by atoms with Gasteiger partial charge in [-0.3, -0.25) is 9.59 Å². The Kier molecular flexibility index (Phi) is 4.68. The van der Waals surface area contributed by atoms with E-state index in [9.17, 15) is 18.0 Å². The van der Waals surface area contributed by atoms with Gasteiger partial charge in [0.05, 0.1) is 22.3 Å². The number of benzene rings is 1. The summed E-state index contributed by atoms with van der Waals surface area (Å²) in [4.78, 5) is 24.6. The highest BCUT2D eigenvalue weighted by Gasteiger charge is 2.32. The number of amides is 2. The molecular weight excluding hydrogens is 348 g/mol. The minimum atomic E-state index is -3.08. The Morgan fingerprint density at radius 2 is 1.71 bits per heavy atom. The highest BCUT2D eigenvalue weighted by Crippen LogP contribution is 2.21. The molecule has 2 heterocycles. The van der Waals surface area contributed by atoms with E-state index in [1.807, 2.05) is 5.38 Å².